The number of methoxy groups -OCH3 is 1. The first-order valence-corrected chi connectivity index (χ1v) is 6.11. The lowest BCUT2D eigenvalue weighted by molar-refractivity contribution is 0.0974. The summed E-state index contributed by atoms with van der Waals surface area (Å²) in [6, 6.07) is 0.364. The molecule has 1 heterocycles. The number of nitrogens with zero attached hydrogens (tertiary/aromatic N) is 1. The van der Waals surface area contributed by atoms with Crippen LogP contribution in [0.1, 0.15) is 27.2 Å². The molecular weight excluding hydrogens is 200 g/mol. The summed E-state index contributed by atoms with van der Waals surface area (Å²) in [5.41, 5.74) is 7.65. The fraction of sp³-hybridized carbons (Fsp3) is 0.846. The van der Waals surface area contributed by atoms with Crippen LogP contribution in [-0.2, 0) is 4.74 Å². The number of nitrogens with two attached hydrogens (primary N) is 1. The SMILES string of the molecule is COCC(CN)N1CC=C(C(C)(C)C)CC1. The van der Waals surface area contributed by atoms with Gasteiger partial charge in [-0.3, -0.25) is 4.90 Å². The van der Waals surface area contributed by atoms with Gasteiger partial charge in [-0.15, -0.1) is 0 Å². The molecule has 16 heavy (non-hydrogen) atoms. The molecule has 1 atom stereocenters. The zero-order chi connectivity index (χ0) is 12.2. The van der Waals surface area contributed by atoms with Crippen molar-refractivity contribution in [1.29, 1.82) is 0 Å². The molecule has 0 aliphatic carbocycles. The average molecular weight is 226 g/mol. The van der Waals surface area contributed by atoms with Crippen molar-refractivity contribution in [2.75, 3.05) is 33.4 Å². The molecule has 3 nitrogen and oxygen atoms in total. The zero-order valence-electron chi connectivity index (χ0n) is 11.1. The van der Waals surface area contributed by atoms with Gasteiger partial charge in [-0.05, 0) is 11.8 Å². The Labute approximate surface area is 99.6 Å². The van der Waals surface area contributed by atoms with Crippen LogP contribution in [0.15, 0.2) is 11.6 Å². The van der Waals surface area contributed by atoms with Crippen molar-refractivity contribution in [2.45, 2.75) is 33.2 Å². The largest absolute Gasteiger partial charge is 0.383 e. The summed E-state index contributed by atoms with van der Waals surface area (Å²) in [7, 11) is 1.74. The summed E-state index contributed by atoms with van der Waals surface area (Å²) in [6.07, 6.45) is 3.52. The van der Waals surface area contributed by atoms with Gasteiger partial charge in [-0.2, -0.15) is 0 Å². The molecule has 94 valence electrons. The predicted molar refractivity (Wildman–Crippen MR) is 68.4 cm³/mol. The van der Waals surface area contributed by atoms with Crippen molar-refractivity contribution in [3.05, 3.63) is 11.6 Å². The van der Waals surface area contributed by atoms with Crippen LogP contribution in [0.25, 0.3) is 0 Å². The van der Waals surface area contributed by atoms with Crippen molar-refractivity contribution in [2.24, 2.45) is 11.1 Å². The molecule has 0 saturated heterocycles. The number of ether oxygens (including phenoxy) is 1. The van der Waals surface area contributed by atoms with Crippen molar-refractivity contribution >= 4 is 0 Å². The second-order valence-electron chi connectivity index (χ2n) is 5.57. The lowest BCUT2D eigenvalue weighted by atomic mass is 9.83. The standard InChI is InChI=1S/C13H26N2O/c1-13(2,3)11-5-7-15(8-6-11)12(9-14)10-16-4/h5,12H,6-10,14H2,1-4H3. The normalized spacial score (nSPS) is 20.7. The molecule has 1 unspecified atom stereocenters. The molecule has 0 spiro atoms. The Morgan fingerprint density at radius 3 is 2.56 bits per heavy atom. The smallest absolute Gasteiger partial charge is 0.0630 e. The summed E-state index contributed by atoms with van der Waals surface area (Å²) in [5, 5.41) is 0. The molecule has 0 radical (unpaired) electrons. The van der Waals surface area contributed by atoms with E-state index < -0.39 is 0 Å². The fourth-order valence-electron chi connectivity index (χ4n) is 2.21. The van der Waals surface area contributed by atoms with Gasteiger partial charge in [0.05, 0.1) is 6.61 Å². The molecule has 0 aromatic rings. The van der Waals surface area contributed by atoms with Gasteiger partial charge >= 0.3 is 0 Å². The molecule has 1 aliphatic rings. The highest BCUT2D eigenvalue weighted by Crippen LogP contribution is 2.30. The van der Waals surface area contributed by atoms with Crippen LogP contribution in [-0.4, -0.2) is 44.3 Å². The van der Waals surface area contributed by atoms with E-state index in [1.54, 1.807) is 12.7 Å². The Hall–Kier alpha value is -0.380. The van der Waals surface area contributed by atoms with Crippen LogP contribution >= 0.6 is 0 Å². The highest BCUT2D eigenvalue weighted by molar-refractivity contribution is 5.14. The maximum Gasteiger partial charge on any atom is 0.0630 e. The highest BCUT2D eigenvalue weighted by atomic mass is 16.5. The first-order valence-electron chi connectivity index (χ1n) is 6.11. The molecule has 1 rings (SSSR count). The maximum atomic E-state index is 5.77. The van der Waals surface area contributed by atoms with E-state index in [2.05, 4.69) is 31.7 Å². The highest BCUT2D eigenvalue weighted by Gasteiger charge is 2.24. The maximum absolute atomic E-state index is 5.77. The minimum absolute atomic E-state index is 0.311. The van der Waals surface area contributed by atoms with Gasteiger partial charge in [-0.25, -0.2) is 0 Å². The molecule has 0 aromatic carbocycles. The van der Waals surface area contributed by atoms with Crippen molar-refractivity contribution < 1.29 is 4.74 Å². The lowest BCUT2D eigenvalue weighted by Crippen LogP contribution is -2.46. The summed E-state index contributed by atoms with van der Waals surface area (Å²) in [6.45, 7) is 10.4. The van der Waals surface area contributed by atoms with Crippen LogP contribution in [0.2, 0.25) is 0 Å². The molecule has 0 bridgehead atoms. The molecule has 0 saturated carbocycles. The number of hydrogen-bond donors (Lipinski definition) is 1. The molecule has 3 heteroatoms. The molecule has 0 amide bonds. The minimum Gasteiger partial charge on any atom is -0.383 e. The number of hydrogen-bond acceptors (Lipinski definition) is 3. The third kappa shape index (κ3) is 3.58. The van der Waals surface area contributed by atoms with E-state index in [4.69, 9.17) is 10.5 Å². The minimum atomic E-state index is 0.311. The Bertz CT molecular complexity index is 243. The van der Waals surface area contributed by atoms with Gasteiger partial charge in [0, 0.05) is 32.8 Å². The summed E-state index contributed by atoms with van der Waals surface area (Å²) in [5.74, 6) is 0. The van der Waals surface area contributed by atoms with Crippen molar-refractivity contribution in [1.82, 2.24) is 4.90 Å². The first-order chi connectivity index (χ1) is 7.49. The van der Waals surface area contributed by atoms with E-state index in [1.165, 1.54) is 0 Å². The Morgan fingerprint density at radius 2 is 2.19 bits per heavy atom. The third-order valence-corrected chi connectivity index (χ3v) is 3.35. The third-order valence-electron chi connectivity index (χ3n) is 3.35. The summed E-state index contributed by atoms with van der Waals surface area (Å²) < 4.78 is 5.20. The summed E-state index contributed by atoms with van der Waals surface area (Å²) >= 11 is 0. The Balaban J connectivity index is 2.56. The predicted octanol–water partition coefficient (Wildman–Crippen LogP) is 1.64. The average Bonchev–Trinajstić information content (AvgIpc) is 2.25. The van der Waals surface area contributed by atoms with E-state index in [0.29, 0.717) is 18.0 Å². The van der Waals surface area contributed by atoms with Crippen molar-refractivity contribution in [3.8, 4) is 0 Å². The van der Waals surface area contributed by atoms with Gasteiger partial charge in [0.1, 0.15) is 0 Å². The van der Waals surface area contributed by atoms with Crippen LogP contribution in [0.4, 0.5) is 0 Å². The van der Waals surface area contributed by atoms with E-state index in [-0.39, 0.29) is 0 Å². The van der Waals surface area contributed by atoms with E-state index in [1.807, 2.05) is 0 Å². The lowest BCUT2D eigenvalue weighted by Gasteiger charge is -2.36. The summed E-state index contributed by atoms with van der Waals surface area (Å²) in [4.78, 5) is 2.42. The first kappa shape index (κ1) is 13.7. The Morgan fingerprint density at radius 1 is 1.50 bits per heavy atom. The van der Waals surface area contributed by atoms with Crippen LogP contribution in [0.5, 0.6) is 0 Å². The molecular formula is C13H26N2O. The Kier molecular flexibility index (Phi) is 4.96. The van der Waals surface area contributed by atoms with E-state index in [9.17, 15) is 0 Å². The van der Waals surface area contributed by atoms with E-state index in [0.717, 1.165) is 26.1 Å². The monoisotopic (exact) mass is 226 g/mol. The van der Waals surface area contributed by atoms with Crippen molar-refractivity contribution in [3.63, 3.8) is 0 Å². The van der Waals surface area contributed by atoms with Gasteiger partial charge < -0.3 is 10.5 Å². The number of rotatable bonds is 4. The van der Waals surface area contributed by atoms with Gasteiger partial charge in [0.2, 0.25) is 0 Å². The second kappa shape index (κ2) is 5.80. The molecule has 2 N–H and O–H groups in total. The van der Waals surface area contributed by atoms with E-state index >= 15 is 0 Å². The van der Waals surface area contributed by atoms with Gasteiger partial charge in [0.15, 0.2) is 0 Å². The molecule has 0 fully saturated rings. The van der Waals surface area contributed by atoms with Crippen LogP contribution in [0.3, 0.4) is 0 Å². The second-order valence-corrected chi connectivity index (χ2v) is 5.57. The fourth-order valence-corrected chi connectivity index (χ4v) is 2.21. The topological polar surface area (TPSA) is 38.5 Å². The van der Waals surface area contributed by atoms with Crippen LogP contribution in [0, 0.1) is 5.41 Å². The van der Waals surface area contributed by atoms with Gasteiger partial charge in [-0.1, -0.05) is 32.4 Å². The van der Waals surface area contributed by atoms with Crippen LogP contribution < -0.4 is 5.73 Å². The van der Waals surface area contributed by atoms with Gasteiger partial charge in [0.25, 0.3) is 0 Å². The zero-order valence-corrected chi connectivity index (χ0v) is 11.1. The molecule has 0 aromatic heterocycles. The molecule has 1 aliphatic heterocycles. The quantitative estimate of drug-likeness (QED) is 0.741.